The Bertz CT molecular complexity index is 742. The lowest BCUT2D eigenvalue weighted by Gasteiger charge is -2.16. The summed E-state index contributed by atoms with van der Waals surface area (Å²) in [6, 6.07) is 4.61. The molecule has 0 spiro atoms. The minimum absolute atomic E-state index is 0.146. The Morgan fingerprint density at radius 2 is 2.00 bits per heavy atom. The quantitative estimate of drug-likeness (QED) is 0.576. The highest BCUT2D eigenvalue weighted by molar-refractivity contribution is 5.90. The van der Waals surface area contributed by atoms with Crippen molar-refractivity contribution in [3.63, 3.8) is 0 Å². The molecule has 27 heavy (non-hydrogen) atoms. The third kappa shape index (κ3) is 7.12. The standard InChI is InChI=1S/C18H19F3N2O4/c1-23(10-15(24)22-14-6-7-14)16(25)11-27-17(26)8-5-12-3-2-4-13(9-12)18(19,20)21/h2-5,8-9,14H,6-7,10-11H2,1H3,(H,22,24)/b8-5+. The molecule has 0 bridgehead atoms. The van der Waals surface area contributed by atoms with E-state index in [1.807, 2.05) is 0 Å². The van der Waals surface area contributed by atoms with Gasteiger partial charge in [-0.05, 0) is 36.6 Å². The summed E-state index contributed by atoms with van der Waals surface area (Å²) in [4.78, 5) is 36.2. The fourth-order valence-electron chi connectivity index (χ4n) is 2.08. The van der Waals surface area contributed by atoms with Crippen molar-refractivity contribution in [3.05, 3.63) is 41.5 Å². The summed E-state index contributed by atoms with van der Waals surface area (Å²) in [5.74, 6) is -1.73. The highest BCUT2D eigenvalue weighted by Gasteiger charge is 2.30. The number of amides is 2. The maximum absolute atomic E-state index is 12.6. The average Bonchev–Trinajstić information content (AvgIpc) is 3.41. The van der Waals surface area contributed by atoms with Gasteiger partial charge in [0.1, 0.15) is 0 Å². The van der Waals surface area contributed by atoms with Crippen LogP contribution in [0.25, 0.3) is 6.08 Å². The zero-order valence-corrected chi connectivity index (χ0v) is 14.6. The molecule has 1 fully saturated rings. The normalized spacial score (nSPS) is 14.1. The van der Waals surface area contributed by atoms with Gasteiger partial charge >= 0.3 is 12.1 Å². The molecule has 0 radical (unpaired) electrons. The first-order valence-electron chi connectivity index (χ1n) is 8.20. The number of carbonyl (C=O) groups is 3. The SMILES string of the molecule is CN(CC(=O)NC1CC1)C(=O)COC(=O)/C=C/c1cccc(C(F)(F)F)c1. The predicted molar refractivity (Wildman–Crippen MR) is 90.2 cm³/mol. The van der Waals surface area contributed by atoms with Gasteiger partial charge < -0.3 is 15.0 Å². The fourth-order valence-corrected chi connectivity index (χ4v) is 2.08. The third-order valence-electron chi connectivity index (χ3n) is 3.71. The summed E-state index contributed by atoms with van der Waals surface area (Å²) in [7, 11) is 1.40. The van der Waals surface area contributed by atoms with Gasteiger partial charge in [-0.3, -0.25) is 9.59 Å². The Morgan fingerprint density at radius 1 is 1.30 bits per heavy atom. The van der Waals surface area contributed by atoms with Gasteiger partial charge in [0.05, 0.1) is 12.1 Å². The summed E-state index contributed by atoms with van der Waals surface area (Å²) in [6.45, 7) is -0.716. The maximum Gasteiger partial charge on any atom is 0.416 e. The maximum atomic E-state index is 12.6. The monoisotopic (exact) mass is 384 g/mol. The van der Waals surface area contributed by atoms with E-state index in [2.05, 4.69) is 5.32 Å². The van der Waals surface area contributed by atoms with Gasteiger partial charge in [0.25, 0.3) is 5.91 Å². The number of nitrogens with one attached hydrogen (secondary N) is 1. The molecule has 1 aliphatic carbocycles. The summed E-state index contributed by atoms with van der Waals surface area (Å²) in [6.07, 6.45) is -0.525. The van der Waals surface area contributed by atoms with E-state index < -0.39 is 30.2 Å². The molecule has 1 N–H and O–H groups in total. The number of likely N-dealkylation sites (N-methyl/N-ethyl adjacent to an activating group) is 1. The largest absolute Gasteiger partial charge is 0.452 e. The van der Waals surface area contributed by atoms with Crippen molar-refractivity contribution in [3.8, 4) is 0 Å². The van der Waals surface area contributed by atoms with Gasteiger partial charge in [-0.15, -0.1) is 0 Å². The summed E-state index contributed by atoms with van der Waals surface area (Å²) in [5, 5.41) is 2.73. The molecule has 0 unspecified atom stereocenters. The molecule has 1 aromatic carbocycles. The molecule has 0 aromatic heterocycles. The second-order valence-electron chi connectivity index (χ2n) is 6.16. The second-order valence-corrected chi connectivity index (χ2v) is 6.16. The molecule has 0 heterocycles. The van der Waals surface area contributed by atoms with Crippen molar-refractivity contribution in [2.24, 2.45) is 0 Å². The number of rotatable bonds is 7. The van der Waals surface area contributed by atoms with Crippen molar-refractivity contribution in [2.75, 3.05) is 20.2 Å². The van der Waals surface area contributed by atoms with Crippen molar-refractivity contribution in [1.82, 2.24) is 10.2 Å². The van der Waals surface area contributed by atoms with Crippen LogP contribution in [0.2, 0.25) is 0 Å². The minimum atomic E-state index is -4.48. The lowest BCUT2D eigenvalue weighted by Crippen LogP contribution is -2.40. The Balaban J connectivity index is 1.78. The van der Waals surface area contributed by atoms with Crippen LogP contribution in [0.5, 0.6) is 0 Å². The van der Waals surface area contributed by atoms with Crippen LogP contribution in [0.3, 0.4) is 0 Å². The van der Waals surface area contributed by atoms with Crippen LogP contribution in [0.15, 0.2) is 30.3 Å². The molecule has 2 amide bonds. The average molecular weight is 384 g/mol. The number of benzene rings is 1. The van der Waals surface area contributed by atoms with Crippen LogP contribution in [0.4, 0.5) is 13.2 Å². The molecular weight excluding hydrogens is 365 g/mol. The molecule has 1 saturated carbocycles. The van der Waals surface area contributed by atoms with Crippen LogP contribution in [-0.4, -0.2) is 48.9 Å². The molecule has 1 aliphatic rings. The number of ether oxygens (including phenoxy) is 1. The molecule has 0 aliphatic heterocycles. The van der Waals surface area contributed by atoms with E-state index >= 15 is 0 Å². The van der Waals surface area contributed by atoms with Gasteiger partial charge in [-0.2, -0.15) is 13.2 Å². The Labute approximate surface area is 154 Å². The Morgan fingerprint density at radius 3 is 2.63 bits per heavy atom. The summed E-state index contributed by atoms with van der Waals surface area (Å²) >= 11 is 0. The van der Waals surface area contributed by atoms with Crippen molar-refractivity contribution in [2.45, 2.75) is 25.1 Å². The van der Waals surface area contributed by atoms with Crippen molar-refractivity contribution >= 4 is 23.9 Å². The predicted octanol–water partition coefficient (Wildman–Crippen LogP) is 2.00. The minimum Gasteiger partial charge on any atom is -0.452 e. The zero-order chi connectivity index (χ0) is 20.0. The molecule has 146 valence electrons. The third-order valence-corrected chi connectivity index (χ3v) is 3.71. The first-order valence-corrected chi connectivity index (χ1v) is 8.20. The lowest BCUT2D eigenvalue weighted by molar-refractivity contribution is -0.148. The number of carbonyl (C=O) groups excluding carboxylic acids is 3. The van der Waals surface area contributed by atoms with Crippen molar-refractivity contribution < 1.29 is 32.3 Å². The molecule has 0 saturated heterocycles. The summed E-state index contributed by atoms with van der Waals surface area (Å²) < 4.78 is 42.6. The molecule has 0 atom stereocenters. The number of halogens is 3. The van der Waals surface area contributed by atoms with E-state index in [-0.39, 0.29) is 24.1 Å². The van der Waals surface area contributed by atoms with Crippen LogP contribution < -0.4 is 5.32 Å². The lowest BCUT2D eigenvalue weighted by atomic mass is 10.1. The van der Waals surface area contributed by atoms with Gasteiger partial charge in [0.2, 0.25) is 5.91 Å². The van der Waals surface area contributed by atoms with E-state index in [4.69, 9.17) is 4.74 Å². The van der Waals surface area contributed by atoms with E-state index in [9.17, 15) is 27.6 Å². The Hall–Kier alpha value is -2.84. The van der Waals surface area contributed by atoms with E-state index in [1.165, 1.54) is 19.2 Å². The number of alkyl halides is 3. The van der Waals surface area contributed by atoms with Gasteiger partial charge in [-0.1, -0.05) is 12.1 Å². The topological polar surface area (TPSA) is 75.7 Å². The highest BCUT2D eigenvalue weighted by Crippen LogP contribution is 2.29. The first-order chi connectivity index (χ1) is 12.6. The molecule has 6 nitrogen and oxygen atoms in total. The van der Waals surface area contributed by atoms with Crippen LogP contribution >= 0.6 is 0 Å². The smallest absolute Gasteiger partial charge is 0.416 e. The first kappa shape index (κ1) is 20.5. The number of esters is 1. The molecular formula is C18H19F3N2O4. The van der Waals surface area contributed by atoms with E-state index in [0.717, 1.165) is 42.0 Å². The number of hydrogen-bond acceptors (Lipinski definition) is 4. The van der Waals surface area contributed by atoms with Gasteiger partial charge in [0.15, 0.2) is 6.61 Å². The van der Waals surface area contributed by atoms with Crippen LogP contribution in [-0.2, 0) is 25.3 Å². The fraction of sp³-hybridized carbons (Fsp3) is 0.389. The van der Waals surface area contributed by atoms with Crippen molar-refractivity contribution in [1.29, 1.82) is 0 Å². The second kappa shape index (κ2) is 8.70. The van der Waals surface area contributed by atoms with Gasteiger partial charge in [-0.25, -0.2) is 4.79 Å². The van der Waals surface area contributed by atoms with E-state index in [1.54, 1.807) is 0 Å². The summed E-state index contributed by atoms with van der Waals surface area (Å²) in [5.41, 5.74) is -0.665. The van der Waals surface area contributed by atoms with Crippen LogP contribution in [0, 0.1) is 0 Å². The van der Waals surface area contributed by atoms with E-state index in [0.29, 0.717) is 0 Å². The number of nitrogens with zero attached hydrogens (tertiary/aromatic N) is 1. The van der Waals surface area contributed by atoms with Crippen LogP contribution in [0.1, 0.15) is 24.0 Å². The number of hydrogen-bond donors (Lipinski definition) is 1. The molecule has 9 heteroatoms. The van der Waals surface area contributed by atoms with Gasteiger partial charge in [0, 0.05) is 19.2 Å². The molecule has 2 rings (SSSR count). The zero-order valence-electron chi connectivity index (χ0n) is 14.6. The Kier molecular flexibility index (Phi) is 6.59. The molecule has 1 aromatic rings. The highest BCUT2D eigenvalue weighted by atomic mass is 19.4.